The minimum absolute atomic E-state index is 0.0587. The number of amides is 2. The van der Waals surface area contributed by atoms with E-state index in [1.54, 1.807) is 7.05 Å². The lowest BCUT2D eigenvalue weighted by Gasteiger charge is -2.22. The Bertz CT molecular complexity index is 836. The van der Waals surface area contributed by atoms with E-state index in [1.165, 1.54) is 4.90 Å². The second kappa shape index (κ2) is 9.09. The third-order valence-electron chi connectivity index (χ3n) is 5.08. The van der Waals surface area contributed by atoms with Crippen LogP contribution in [0.2, 0.25) is 0 Å². The molecule has 0 aliphatic heterocycles. The summed E-state index contributed by atoms with van der Waals surface area (Å²) in [6.45, 7) is 4.26. The Labute approximate surface area is 172 Å². The Balaban J connectivity index is 1.57. The standard InChI is InChI=1S/C23H29N3O3/c1-15(2)25-22(27)20(24)13-8-14-26(3)23(28)29-21-18-11-6-4-9-16(18)17-10-5-7-12-19(17)21/h4-7,9-12,15,20-21H,8,13-14,24H2,1-3H3,(H,25,27)/t20-/m0/s1. The summed E-state index contributed by atoms with van der Waals surface area (Å²) in [6, 6.07) is 15.5. The van der Waals surface area contributed by atoms with Crippen LogP contribution in [0, 0.1) is 0 Å². The third kappa shape index (κ3) is 4.77. The van der Waals surface area contributed by atoms with Gasteiger partial charge in [-0.25, -0.2) is 4.79 Å². The Kier molecular flexibility index (Phi) is 6.54. The number of nitrogens with one attached hydrogen (secondary N) is 1. The van der Waals surface area contributed by atoms with Crippen LogP contribution in [0.1, 0.15) is 43.9 Å². The first-order valence-corrected chi connectivity index (χ1v) is 10.0. The molecule has 0 bridgehead atoms. The van der Waals surface area contributed by atoms with Crippen molar-refractivity contribution in [1.82, 2.24) is 10.2 Å². The fourth-order valence-corrected chi connectivity index (χ4v) is 3.59. The van der Waals surface area contributed by atoms with Gasteiger partial charge in [-0.05, 0) is 37.8 Å². The highest BCUT2D eigenvalue weighted by Gasteiger charge is 2.31. The van der Waals surface area contributed by atoms with Crippen molar-refractivity contribution in [2.75, 3.05) is 13.6 Å². The van der Waals surface area contributed by atoms with Crippen molar-refractivity contribution in [1.29, 1.82) is 0 Å². The predicted octanol–water partition coefficient (Wildman–Crippen LogP) is 3.46. The minimum atomic E-state index is -0.574. The molecule has 0 saturated heterocycles. The fraction of sp³-hybridized carbons (Fsp3) is 0.391. The number of ether oxygens (including phenoxy) is 1. The number of nitrogens with two attached hydrogens (primary N) is 1. The van der Waals surface area contributed by atoms with E-state index in [0.717, 1.165) is 22.3 Å². The van der Waals surface area contributed by atoms with E-state index in [4.69, 9.17) is 10.5 Å². The summed E-state index contributed by atoms with van der Waals surface area (Å²) in [5, 5.41) is 2.80. The maximum Gasteiger partial charge on any atom is 0.410 e. The Morgan fingerprint density at radius 2 is 1.62 bits per heavy atom. The van der Waals surface area contributed by atoms with E-state index >= 15 is 0 Å². The number of carbonyl (C=O) groups is 2. The van der Waals surface area contributed by atoms with Crippen LogP contribution in [0.15, 0.2) is 48.5 Å². The number of carbonyl (C=O) groups excluding carboxylic acids is 2. The summed E-state index contributed by atoms with van der Waals surface area (Å²) in [7, 11) is 1.70. The van der Waals surface area contributed by atoms with Gasteiger partial charge in [-0.15, -0.1) is 0 Å². The van der Waals surface area contributed by atoms with Crippen LogP contribution >= 0.6 is 0 Å². The van der Waals surface area contributed by atoms with Crippen LogP contribution in [-0.4, -0.2) is 42.6 Å². The number of hydrogen-bond donors (Lipinski definition) is 2. The average Bonchev–Trinajstić information content (AvgIpc) is 3.01. The van der Waals surface area contributed by atoms with Crippen LogP contribution in [-0.2, 0) is 9.53 Å². The SMILES string of the molecule is CC(C)NC(=O)[C@@H](N)CCCN(C)C(=O)OC1c2ccccc2-c2ccccc21. The molecule has 29 heavy (non-hydrogen) atoms. The van der Waals surface area contributed by atoms with Gasteiger partial charge in [-0.3, -0.25) is 4.79 Å². The second-order valence-electron chi connectivity index (χ2n) is 7.77. The van der Waals surface area contributed by atoms with E-state index < -0.39 is 12.1 Å². The van der Waals surface area contributed by atoms with Crippen molar-refractivity contribution in [2.45, 2.75) is 44.9 Å². The van der Waals surface area contributed by atoms with Crippen molar-refractivity contribution in [3.63, 3.8) is 0 Å². The van der Waals surface area contributed by atoms with E-state index in [9.17, 15) is 9.59 Å². The predicted molar refractivity (Wildman–Crippen MR) is 113 cm³/mol. The molecule has 1 atom stereocenters. The summed E-state index contributed by atoms with van der Waals surface area (Å²) in [4.78, 5) is 26.1. The Morgan fingerprint density at radius 1 is 1.07 bits per heavy atom. The van der Waals surface area contributed by atoms with Gasteiger partial charge in [-0.2, -0.15) is 0 Å². The van der Waals surface area contributed by atoms with Crippen molar-refractivity contribution >= 4 is 12.0 Å². The van der Waals surface area contributed by atoms with Gasteiger partial charge in [0.2, 0.25) is 5.91 Å². The van der Waals surface area contributed by atoms with Gasteiger partial charge < -0.3 is 20.7 Å². The molecule has 3 N–H and O–H groups in total. The molecule has 0 saturated carbocycles. The second-order valence-corrected chi connectivity index (χ2v) is 7.77. The molecule has 0 spiro atoms. The van der Waals surface area contributed by atoms with Crippen molar-refractivity contribution in [3.05, 3.63) is 59.7 Å². The molecular weight excluding hydrogens is 366 g/mol. The van der Waals surface area contributed by atoms with Gasteiger partial charge in [0.05, 0.1) is 6.04 Å². The first-order chi connectivity index (χ1) is 13.9. The molecule has 0 unspecified atom stereocenters. The van der Waals surface area contributed by atoms with Gasteiger partial charge >= 0.3 is 6.09 Å². The minimum Gasteiger partial charge on any atom is -0.436 e. The number of hydrogen-bond acceptors (Lipinski definition) is 4. The van der Waals surface area contributed by atoms with E-state index in [-0.39, 0.29) is 18.0 Å². The molecule has 6 nitrogen and oxygen atoms in total. The Morgan fingerprint density at radius 3 is 2.17 bits per heavy atom. The van der Waals surface area contributed by atoms with Crippen LogP contribution in [0.25, 0.3) is 11.1 Å². The van der Waals surface area contributed by atoms with Crippen molar-refractivity contribution < 1.29 is 14.3 Å². The lowest BCUT2D eigenvalue weighted by atomic mass is 10.1. The molecule has 154 valence electrons. The zero-order chi connectivity index (χ0) is 21.0. The molecule has 6 heteroatoms. The zero-order valence-electron chi connectivity index (χ0n) is 17.2. The summed E-state index contributed by atoms with van der Waals surface area (Å²) in [5.74, 6) is -0.163. The molecule has 3 rings (SSSR count). The molecule has 2 amide bonds. The van der Waals surface area contributed by atoms with E-state index in [0.29, 0.717) is 19.4 Å². The summed E-state index contributed by atoms with van der Waals surface area (Å²) >= 11 is 0. The first kappa shape index (κ1) is 20.9. The Hall–Kier alpha value is -2.86. The van der Waals surface area contributed by atoms with Gasteiger partial charge in [0.25, 0.3) is 0 Å². The maximum absolute atomic E-state index is 12.7. The molecule has 0 aromatic heterocycles. The summed E-state index contributed by atoms with van der Waals surface area (Å²) in [5.41, 5.74) is 10.1. The molecule has 2 aromatic carbocycles. The number of benzene rings is 2. The highest BCUT2D eigenvalue weighted by Crippen LogP contribution is 2.45. The molecule has 0 fully saturated rings. The summed E-state index contributed by atoms with van der Waals surface area (Å²) < 4.78 is 5.86. The van der Waals surface area contributed by atoms with Crippen LogP contribution in [0.5, 0.6) is 0 Å². The largest absolute Gasteiger partial charge is 0.436 e. The monoisotopic (exact) mass is 395 g/mol. The molecular formula is C23H29N3O3. The van der Waals surface area contributed by atoms with Crippen LogP contribution in [0.4, 0.5) is 4.79 Å². The quantitative estimate of drug-likeness (QED) is 0.752. The maximum atomic E-state index is 12.7. The lowest BCUT2D eigenvalue weighted by Crippen LogP contribution is -2.43. The molecule has 1 aliphatic carbocycles. The topological polar surface area (TPSA) is 84.7 Å². The zero-order valence-corrected chi connectivity index (χ0v) is 17.2. The van der Waals surface area contributed by atoms with Gasteiger partial charge in [0.1, 0.15) is 0 Å². The molecule has 0 heterocycles. The van der Waals surface area contributed by atoms with Gasteiger partial charge in [0.15, 0.2) is 6.10 Å². The average molecular weight is 396 g/mol. The first-order valence-electron chi connectivity index (χ1n) is 10.0. The number of fused-ring (bicyclic) bond motifs is 3. The lowest BCUT2D eigenvalue weighted by molar-refractivity contribution is -0.123. The highest BCUT2D eigenvalue weighted by atomic mass is 16.6. The number of rotatable bonds is 7. The van der Waals surface area contributed by atoms with E-state index in [1.807, 2.05) is 50.2 Å². The van der Waals surface area contributed by atoms with Crippen molar-refractivity contribution in [3.8, 4) is 11.1 Å². The van der Waals surface area contributed by atoms with Crippen LogP contribution < -0.4 is 11.1 Å². The highest BCUT2D eigenvalue weighted by molar-refractivity contribution is 5.81. The van der Waals surface area contributed by atoms with E-state index in [2.05, 4.69) is 17.4 Å². The van der Waals surface area contributed by atoms with Crippen LogP contribution in [0.3, 0.4) is 0 Å². The number of nitrogens with zero attached hydrogens (tertiary/aromatic N) is 1. The molecule has 1 aliphatic rings. The van der Waals surface area contributed by atoms with Gasteiger partial charge in [-0.1, -0.05) is 48.5 Å². The van der Waals surface area contributed by atoms with Gasteiger partial charge in [0, 0.05) is 30.8 Å². The third-order valence-corrected chi connectivity index (χ3v) is 5.08. The molecule has 2 aromatic rings. The fourth-order valence-electron chi connectivity index (χ4n) is 3.59. The smallest absolute Gasteiger partial charge is 0.410 e. The normalized spacial score (nSPS) is 13.6. The van der Waals surface area contributed by atoms with Crippen molar-refractivity contribution in [2.24, 2.45) is 5.73 Å². The molecule has 0 radical (unpaired) electrons. The summed E-state index contributed by atoms with van der Waals surface area (Å²) in [6.07, 6.45) is 0.333.